The zero-order valence-electron chi connectivity index (χ0n) is 14.5. The van der Waals surface area contributed by atoms with Gasteiger partial charge in [0.15, 0.2) is 9.84 Å². The Labute approximate surface area is 165 Å². The summed E-state index contributed by atoms with van der Waals surface area (Å²) in [5.74, 6) is 0.0437. The average Bonchev–Trinajstić information content (AvgIpc) is 2.94. The van der Waals surface area contributed by atoms with Crippen molar-refractivity contribution < 1.29 is 16.8 Å². The lowest BCUT2D eigenvalue weighted by Crippen LogP contribution is -2.38. The van der Waals surface area contributed by atoms with E-state index in [1.54, 1.807) is 6.07 Å². The molecule has 0 saturated heterocycles. The van der Waals surface area contributed by atoms with E-state index < -0.39 is 19.9 Å². The number of hydrogen-bond acceptors (Lipinski definition) is 5. The molecule has 2 aromatic rings. The molecule has 6 nitrogen and oxygen atoms in total. The molecule has 0 radical (unpaired) electrons. The minimum absolute atomic E-state index is 0. The lowest BCUT2D eigenvalue weighted by atomic mass is 9.95. The Morgan fingerprint density at radius 3 is 2.67 bits per heavy atom. The topological polar surface area (TPSA) is 92.3 Å². The number of fused-ring (bicyclic) bond motifs is 2. The van der Waals surface area contributed by atoms with Gasteiger partial charge in [0, 0.05) is 12.6 Å². The van der Waals surface area contributed by atoms with Gasteiger partial charge in [0.1, 0.15) is 0 Å². The van der Waals surface area contributed by atoms with Crippen molar-refractivity contribution in [3.8, 4) is 0 Å². The Balaban J connectivity index is 0.00000210. The van der Waals surface area contributed by atoms with Crippen molar-refractivity contribution in [3.05, 3.63) is 59.2 Å². The van der Waals surface area contributed by atoms with Gasteiger partial charge in [0.05, 0.1) is 15.5 Å². The smallest absolute Gasteiger partial charge is 0.240 e. The van der Waals surface area contributed by atoms with Crippen LogP contribution < -0.4 is 10.0 Å². The molecule has 4 rings (SSSR count). The second kappa shape index (κ2) is 7.52. The van der Waals surface area contributed by atoms with E-state index in [-0.39, 0.29) is 40.5 Å². The molecule has 0 saturated carbocycles. The molecule has 2 aliphatic rings. The molecule has 2 aromatic carbocycles. The van der Waals surface area contributed by atoms with Gasteiger partial charge in [-0.2, -0.15) is 0 Å². The minimum atomic E-state index is -3.79. The highest BCUT2D eigenvalue weighted by molar-refractivity contribution is 7.92. The highest BCUT2D eigenvalue weighted by Crippen LogP contribution is 2.28. The summed E-state index contributed by atoms with van der Waals surface area (Å²) < 4.78 is 52.0. The normalized spacial score (nSPS) is 20.4. The van der Waals surface area contributed by atoms with Crippen LogP contribution in [0.4, 0.5) is 0 Å². The molecule has 1 atom stereocenters. The van der Waals surface area contributed by atoms with E-state index in [1.807, 2.05) is 18.2 Å². The zero-order chi connectivity index (χ0) is 18.4. The Kier molecular flexibility index (Phi) is 5.65. The first-order valence-corrected chi connectivity index (χ1v) is 11.7. The molecule has 0 fully saturated rings. The van der Waals surface area contributed by atoms with Gasteiger partial charge in [-0.3, -0.25) is 0 Å². The molecular weight excluding hydrogens is 408 g/mol. The molecule has 2 heterocycles. The van der Waals surface area contributed by atoms with Crippen LogP contribution in [-0.4, -0.2) is 35.7 Å². The molecule has 0 aliphatic carbocycles. The fraction of sp³-hybridized carbons (Fsp3) is 0.333. The van der Waals surface area contributed by atoms with E-state index in [0.717, 1.165) is 18.5 Å². The van der Waals surface area contributed by atoms with Crippen LogP contribution in [0, 0.1) is 0 Å². The molecule has 2 N–H and O–H groups in total. The maximum absolute atomic E-state index is 12.7. The molecule has 2 aliphatic heterocycles. The zero-order valence-corrected chi connectivity index (χ0v) is 17.0. The van der Waals surface area contributed by atoms with Crippen LogP contribution >= 0.6 is 12.4 Å². The van der Waals surface area contributed by atoms with Gasteiger partial charge >= 0.3 is 0 Å². The third kappa shape index (κ3) is 3.90. The fourth-order valence-electron chi connectivity index (χ4n) is 3.60. The number of rotatable bonds is 4. The molecule has 146 valence electrons. The standard InChI is InChI=1S/C18H20N2O4S2.ClH/c21-25(22)10-8-14-5-6-15(11-18(14)25)26(23,24)20-12-17-16-4-2-1-3-13(16)7-9-19-17;/h1-6,11,17,19-20H,7-10,12H2;1H. The molecule has 9 heteroatoms. The van der Waals surface area contributed by atoms with Gasteiger partial charge in [0.25, 0.3) is 0 Å². The molecular formula is C18H21ClN2O4S2. The number of sulfone groups is 1. The van der Waals surface area contributed by atoms with Gasteiger partial charge < -0.3 is 5.32 Å². The predicted molar refractivity (Wildman–Crippen MR) is 106 cm³/mol. The van der Waals surface area contributed by atoms with Gasteiger partial charge in [-0.1, -0.05) is 30.3 Å². The van der Waals surface area contributed by atoms with Crippen molar-refractivity contribution in [1.82, 2.24) is 10.0 Å². The Morgan fingerprint density at radius 2 is 1.85 bits per heavy atom. The largest absolute Gasteiger partial charge is 0.308 e. The first-order valence-electron chi connectivity index (χ1n) is 8.53. The SMILES string of the molecule is Cl.O=S1(=O)CCc2ccc(S(=O)(=O)NCC3NCCc4ccccc43)cc21. The summed E-state index contributed by atoms with van der Waals surface area (Å²) >= 11 is 0. The van der Waals surface area contributed by atoms with Crippen LogP contribution in [0.25, 0.3) is 0 Å². The van der Waals surface area contributed by atoms with Crippen LogP contribution in [0.2, 0.25) is 0 Å². The predicted octanol–water partition coefficient (Wildman–Crippen LogP) is 1.60. The van der Waals surface area contributed by atoms with Gasteiger partial charge in [-0.15, -0.1) is 12.4 Å². The Bertz CT molecular complexity index is 1070. The van der Waals surface area contributed by atoms with Gasteiger partial charge in [-0.05, 0) is 48.2 Å². The highest BCUT2D eigenvalue weighted by atomic mass is 35.5. The molecule has 1 unspecified atom stereocenters. The number of nitrogens with one attached hydrogen (secondary N) is 2. The van der Waals surface area contributed by atoms with Crippen LogP contribution in [0.15, 0.2) is 52.3 Å². The number of sulfonamides is 1. The van der Waals surface area contributed by atoms with E-state index in [4.69, 9.17) is 0 Å². The third-order valence-corrected chi connectivity index (χ3v) is 8.23. The summed E-state index contributed by atoms with van der Waals surface area (Å²) in [5.41, 5.74) is 3.00. The van der Waals surface area contributed by atoms with E-state index in [0.29, 0.717) is 12.0 Å². The van der Waals surface area contributed by atoms with Gasteiger partial charge in [-0.25, -0.2) is 21.6 Å². The van der Waals surface area contributed by atoms with Gasteiger partial charge in [0.2, 0.25) is 10.0 Å². The molecule has 0 spiro atoms. The quantitative estimate of drug-likeness (QED) is 0.771. The Morgan fingerprint density at radius 1 is 1.07 bits per heavy atom. The molecule has 0 bridgehead atoms. The summed E-state index contributed by atoms with van der Waals surface area (Å²) in [7, 11) is -7.16. The number of aryl methyl sites for hydroxylation is 1. The first-order chi connectivity index (χ1) is 12.4. The number of benzene rings is 2. The molecule has 0 aromatic heterocycles. The van der Waals surface area contributed by atoms with E-state index >= 15 is 0 Å². The average molecular weight is 429 g/mol. The van der Waals surface area contributed by atoms with Crippen molar-refractivity contribution in [3.63, 3.8) is 0 Å². The van der Waals surface area contributed by atoms with Crippen LogP contribution in [0.3, 0.4) is 0 Å². The van der Waals surface area contributed by atoms with Crippen molar-refractivity contribution in [1.29, 1.82) is 0 Å². The Hall–Kier alpha value is -1.45. The maximum Gasteiger partial charge on any atom is 0.240 e. The summed E-state index contributed by atoms with van der Waals surface area (Å²) in [6, 6.07) is 12.2. The van der Waals surface area contributed by atoms with E-state index in [1.165, 1.54) is 17.7 Å². The van der Waals surface area contributed by atoms with Crippen LogP contribution in [-0.2, 0) is 32.7 Å². The minimum Gasteiger partial charge on any atom is -0.308 e. The summed E-state index contributed by atoms with van der Waals surface area (Å²) in [6.07, 6.45) is 1.36. The summed E-state index contributed by atoms with van der Waals surface area (Å²) in [4.78, 5) is 0.132. The lowest BCUT2D eigenvalue weighted by molar-refractivity contribution is 0.491. The lowest BCUT2D eigenvalue weighted by Gasteiger charge is -2.27. The van der Waals surface area contributed by atoms with Crippen LogP contribution in [0.5, 0.6) is 0 Å². The maximum atomic E-state index is 12.7. The molecule has 27 heavy (non-hydrogen) atoms. The number of hydrogen-bond donors (Lipinski definition) is 2. The van der Waals surface area contributed by atoms with E-state index in [2.05, 4.69) is 16.1 Å². The second-order valence-electron chi connectivity index (χ2n) is 6.65. The molecule has 0 amide bonds. The van der Waals surface area contributed by atoms with Crippen molar-refractivity contribution in [2.45, 2.75) is 28.7 Å². The van der Waals surface area contributed by atoms with Crippen molar-refractivity contribution >= 4 is 32.3 Å². The van der Waals surface area contributed by atoms with Crippen LogP contribution in [0.1, 0.15) is 22.7 Å². The summed E-state index contributed by atoms with van der Waals surface area (Å²) in [6.45, 7) is 1.00. The van der Waals surface area contributed by atoms with Crippen molar-refractivity contribution in [2.75, 3.05) is 18.8 Å². The summed E-state index contributed by atoms with van der Waals surface area (Å²) in [5, 5.41) is 3.33. The second-order valence-corrected chi connectivity index (χ2v) is 10.5. The van der Waals surface area contributed by atoms with E-state index in [9.17, 15) is 16.8 Å². The first kappa shape index (κ1) is 20.3. The highest BCUT2D eigenvalue weighted by Gasteiger charge is 2.29. The fourth-order valence-corrected chi connectivity index (χ4v) is 6.34. The van der Waals surface area contributed by atoms with Crippen molar-refractivity contribution in [2.24, 2.45) is 0 Å². The number of halogens is 1. The third-order valence-electron chi connectivity index (χ3n) is 5.02. The monoisotopic (exact) mass is 428 g/mol.